The Kier molecular flexibility index (Phi) is 4.80. The summed E-state index contributed by atoms with van der Waals surface area (Å²) in [6.45, 7) is 1.26. The fourth-order valence-corrected chi connectivity index (χ4v) is 3.31. The van der Waals surface area contributed by atoms with Crippen LogP contribution in [0.15, 0.2) is 41.7 Å². The number of nitrogens with two attached hydrogens (primary N) is 1. The molecule has 27 heavy (non-hydrogen) atoms. The first-order chi connectivity index (χ1) is 12.7. The summed E-state index contributed by atoms with van der Waals surface area (Å²) in [6, 6.07) is 7.56. The lowest BCUT2D eigenvalue weighted by molar-refractivity contribution is -0.0488. The number of amides is 1. The number of hydrogen-bond donors (Lipinski definition) is 2. The third kappa shape index (κ3) is 3.59. The number of thioether (sulfide) groups is 1. The molecule has 0 bridgehead atoms. The standard InChI is InChI=1S/C17H14F2N6OS/c1-16(17(18,19)9-27-15(21)25-16)13-6-11(4-5-22-13)24-14(26)12-3-2-10(7-20)8-23-12/h2-6,8H,9H2,1H3,(H2,21,25)(H,22,24,26)/t16-/m1/s1. The number of anilines is 1. The zero-order valence-electron chi connectivity index (χ0n) is 14.1. The van der Waals surface area contributed by atoms with Gasteiger partial charge in [-0.25, -0.2) is 18.8 Å². The lowest BCUT2D eigenvalue weighted by atomic mass is 9.90. The summed E-state index contributed by atoms with van der Waals surface area (Å²) in [4.78, 5) is 24.1. The predicted octanol–water partition coefficient (Wildman–Crippen LogP) is 2.51. The molecule has 0 radical (unpaired) electrons. The number of alkyl halides is 2. The van der Waals surface area contributed by atoms with Crippen LogP contribution in [0.4, 0.5) is 14.5 Å². The summed E-state index contributed by atoms with van der Waals surface area (Å²) in [6.07, 6.45) is 2.58. The molecule has 138 valence electrons. The normalized spacial score (nSPS) is 21.0. The highest BCUT2D eigenvalue weighted by atomic mass is 32.2. The smallest absolute Gasteiger partial charge is 0.287 e. The fraction of sp³-hybridized carbons (Fsp3) is 0.235. The molecular weight excluding hydrogens is 374 g/mol. The van der Waals surface area contributed by atoms with Crippen LogP contribution in [0, 0.1) is 11.3 Å². The molecule has 0 unspecified atom stereocenters. The molecule has 2 aromatic rings. The van der Waals surface area contributed by atoms with Gasteiger partial charge in [-0.15, -0.1) is 0 Å². The Morgan fingerprint density at radius 3 is 2.81 bits per heavy atom. The van der Waals surface area contributed by atoms with Crippen LogP contribution in [0.5, 0.6) is 0 Å². The lowest BCUT2D eigenvalue weighted by Crippen LogP contribution is -2.48. The molecule has 0 aromatic carbocycles. The molecule has 1 aliphatic heterocycles. The van der Waals surface area contributed by atoms with Gasteiger partial charge in [-0.2, -0.15) is 5.26 Å². The molecule has 3 N–H and O–H groups in total. The van der Waals surface area contributed by atoms with Crippen LogP contribution in [0.1, 0.15) is 28.7 Å². The molecule has 10 heteroatoms. The highest BCUT2D eigenvalue weighted by Gasteiger charge is 2.55. The van der Waals surface area contributed by atoms with Gasteiger partial charge in [0.15, 0.2) is 10.7 Å². The number of nitrogens with one attached hydrogen (secondary N) is 1. The number of aromatic nitrogens is 2. The first-order valence-electron chi connectivity index (χ1n) is 7.75. The van der Waals surface area contributed by atoms with Crippen molar-refractivity contribution in [2.45, 2.75) is 18.4 Å². The van der Waals surface area contributed by atoms with Crippen molar-refractivity contribution in [2.75, 3.05) is 11.1 Å². The van der Waals surface area contributed by atoms with E-state index < -0.39 is 23.1 Å². The highest BCUT2D eigenvalue weighted by molar-refractivity contribution is 8.13. The Bertz CT molecular complexity index is 957. The molecule has 0 fully saturated rings. The van der Waals surface area contributed by atoms with E-state index in [4.69, 9.17) is 11.0 Å². The number of carbonyl (C=O) groups excluding carboxylic acids is 1. The van der Waals surface area contributed by atoms with Gasteiger partial charge in [0.25, 0.3) is 11.8 Å². The zero-order valence-corrected chi connectivity index (χ0v) is 14.9. The van der Waals surface area contributed by atoms with Crippen molar-refractivity contribution < 1.29 is 13.6 Å². The van der Waals surface area contributed by atoms with Crippen molar-refractivity contribution >= 4 is 28.5 Å². The number of halogens is 2. The zero-order chi connectivity index (χ0) is 19.7. The molecule has 3 rings (SSSR count). The second-order valence-electron chi connectivity index (χ2n) is 5.94. The summed E-state index contributed by atoms with van der Waals surface area (Å²) in [5.74, 6) is -4.22. The van der Waals surface area contributed by atoms with Gasteiger partial charge < -0.3 is 11.1 Å². The number of pyridine rings is 2. The number of carbonyl (C=O) groups is 1. The lowest BCUT2D eigenvalue weighted by Gasteiger charge is -2.36. The minimum Gasteiger partial charge on any atom is -0.379 e. The second kappa shape index (κ2) is 6.92. The van der Waals surface area contributed by atoms with Gasteiger partial charge in [0, 0.05) is 18.1 Å². The van der Waals surface area contributed by atoms with Crippen molar-refractivity contribution in [3.8, 4) is 6.07 Å². The minimum absolute atomic E-state index is 0.0127. The van der Waals surface area contributed by atoms with Crippen LogP contribution in [0.25, 0.3) is 0 Å². The maximum Gasteiger partial charge on any atom is 0.287 e. The average Bonchev–Trinajstić information content (AvgIpc) is 2.65. The van der Waals surface area contributed by atoms with Crippen molar-refractivity contribution in [3.63, 3.8) is 0 Å². The maximum absolute atomic E-state index is 14.5. The van der Waals surface area contributed by atoms with E-state index in [1.807, 2.05) is 6.07 Å². The van der Waals surface area contributed by atoms with E-state index in [1.165, 1.54) is 43.6 Å². The van der Waals surface area contributed by atoms with Crippen molar-refractivity contribution in [1.29, 1.82) is 5.26 Å². The molecule has 0 aliphatic carbocycles. The van der Waals surface area contributed by atoms with Gasteiger partial charge in [-0.05, 0) is 31.2 Å². The molecular formula is C17H14F2N6OS. The summed E-state index contributed by atoms with van der Waals surface area (Å²) in [7, 11) is 0. The number of hydrogen-bond acceptors (Lipinski definition) is 7. The molecule has 7 nitrogen and oxygen atoms in total. The largest absolute Gasteiger partial charge is 0.379 e. The summed E-state index contributed by atoms with van der Waals surface area (Å²) < 4.78 is 29.0. The molecule has 0 saturated heterocycles. The van der Waals surface area contributed by atoms with Crippen LogP contribution in [-0.4, -0.2) is 32.7 Å². The van der Waals surface area contributed by atoms with Crippen LogP contribution >= 0.6 is 11.8 Å². The first-order valence-corrected chi connectivity index (χ1v) is 8.74. The van der Waals surface area contributed by atoms with Crippen LogP contribution in [-0.2, 0) is 5.54 Å². The second-order valence-corrected chi connectivity index (χ2v) is 6.94. The quantitative estimate of drug-likeness (QED) is 0.834. The van der Waals surface area contributed by atoms with Crippen molar-refractivity contribution in [2.24, 2.45) is 10.7 Å². The van der Waals surface area contributed by atoms with Gasteiger partial charge in [-0.3, -0.25) is 9.78 Å². The van der Waals surface area contributed by atoms with Crippen molar-refractivity contribution in [1.82, 2.24) is 9.97 Å². The van der Waals surface area contributed by atoms with Crippen LogP contribution < -0.4 is 11.1 Å². The average molecular weight is 388 g/mol. The molecule has 0 spiro atoms. The van der Waals surface area contributed by atoms with Crippen molar-refractivity contribution in [3.05, 3.63) is 53.6 Å². The Hall–Kier alpha value is -3.06. The molecule has 1 aliphatic rings. The predicted molar refractivity (Wildman–Crippen MR) is 97.5 cm³/mol. The van der Waals surface area contributed by atoms with E-state index in [0.29, 0.717) is 5.56 Å². The highest BCUT2D eigenvalue weighted by Crippen LogP contribution is 2.45. The molecule has 1 atom stereocenters. The Morgan fingerprint density at radius 1 is 1.37 bits per heavy atom. The summed E-state index contributed by atoms with van der Waals surface area (Å²) in [5, 5.41) is 11.4. The number of nitrogens with zero attached hydrogens (tertiary/aromatic N) is 4. The van der Waals surface area contributed by atoms with Crippen LogP contribution in [0.2, 0.25) is 0 Å². The van der Waals surface area contributed by atoms with Gasteiger partial charge in [0.05, 0.1) is 17.0 Å². The van der Waals surface area contributed by atoms with E-state index in [1.54, 1.807) is 0 Å². The number of rotatable bonds is 3. The molecule has 1 amide bonds. The number of aliphatic imine (C=N–C) groups is 1. The van der Waals surface area contributed by atoms with Crippen LogP contribution in [0.3, 0.4) is 0 Å². The SMILES string of the molecule is C[C@]1(c2cc(NC(=O)c3ccc(C#N)cn3)ccn2)N=C(N)SCC1(F)F. The van der Waals surface area contributed by atoms with E-state index >= 15 is 0 Å². The van der Waals surface area contributed by atoms with E-state index in [9.17, 15) is 13.6 Å². The third-order valence-corrected chi connectivity index (χ3v) is 4.98. The minimum atomic E-state index is -3.16. The topological polar surface area (TPSA) is 117 Å². The Labute approximate surface area is 157 Å². The van der Waals surface area contributed by atoms with Gasteiger partial charge >= 0.3 is 0 Å². The first kappa shape index (κ1) is 18.7. The van der Waals surface area contributed by atoms with E-state index in [0.717, 1.165) is 11.8 Å². The molecule has 2 aromatic heterocycles. The number of amidine groups is 1. The maximum atomic E-state index is 14.5. The third-order valence-electron chi connectivity index (χ3n) is 4.09. The van der Waals surface area contributed by atoms with E-state index in [2.05, 4.69) is 20.3 Å². The monoisotopic (exact) mass is 388 g/mol. The summed E-state index contributed by atoms with van der Waals surface area (Å²) >= 11 is 0.786. The number of nitriles is 1. The fourth-order valence-electron chi connectivity index (χ4n) is 2.45. The van der Waals surface area contributed by atoms with Gasteiger partial charge in [0.2, 0.25) is 0 Å². The summed E-state index contributed by atoms with van der Waals surface area (Å²) in [5.41, 5.74) is 4.36. The molecule has 3 heterocycles. The Balaban J connectivity index is 1.88. The van der Waals surface area contributed by atoms with Gasteiger partial charge in [-0.1, -0.05) is 11.8 Å². The molecule has 0 saturated carbocycles. The van der Waals surface area contributed by atoms with E-state index in [-0.39, 0.29) is 22.2 Å². The van der Waals surface area contributed by atoms with Gasteiger partial charge in [0.1, 0.15) is 11.8 Å². The Morgan fingerprint density at radius 2 is 2.15 bits per heavy atom.